The molecule has 1 amide bonds. The summed E-state index contributed by atoms with van der Waals surface area (Å²) in [6, 6.07) is 19.5. The van der Waals surface area contributed by atoms with Crippen molar-refractivity contribution in [1.29, 1.82) is 0 Å². The van der Waals surface area contributed by atoms with E-state index in [1.165, 1.54) is 0 Å². The zero-order valence-electron chi connectivity index (χ0n) is 15.4. The maximum absolute atomic E-state index is 12.6. The maximum atomic E-state index is 12.6. The molecule has 0 spiro atoms. The van der Waals surface area contributed by atoms with Crippen LogP contribution in [0.4, 0.5) is 5.69 Å². The van der Waals surface area contributed by atoms with Gasteiger partial charge < -0.3 is 9.64 Å². The number of carbonyl (C=O) groups excluding carboxylic acids is 2. The molecule has 1 atom stereocenters. The number of ether oxygens (including phenoxy) is 1. The molecule has 0 bridgehead atoms. The molecule has 0 N–H and O–H groups in total. The van der Waals surface area contributed by atoms with Crippen molar-refractivity contribution < 1.29 is 14.3 Å². The highest BCUT2D eigenvalue weighted by Crippen LogP contribution is 2.30. The van der Waals surface area contributed by atoms with Gasteiger partial charge in [-0.2, -0.15) is 0 Å². The molecule has 0 aromatic heterocycles. The predicted octanol–water partition coefficient (Wildman–Crippen LogP) is 4.42. The fourth-order valence-corrected chi connectivity index (χ4v) is 3.64. The molecule has 1 saturated heterocycles. The highest BCUT2D eigenvalue weighted by atomic mass is 16.5. The van der Waals surface area contributed by atoms with E-state index in [1.54, 1.807) is 11.0 Å². The number of nitrogens with zero attached hydrogens (tertiary/aromatic N) is 1. The van der Waals surface area contributed by atoms with Crippen molar-refractivity contribution in [3.8, 4) is 5.75 Å². The fraction of sp³-hybridized carbons (Fsp3) is 0.217. The van der Waals surface area contributed by atoms with Crippen molar-refractivity contribution in [2.24, 2.45) is 5.92 Å². The number of carbonyl (C=O) groups is 2. The maximum Gasteiger partial charge on any atom is 0.316 e. The number of benzene rings is 3. The normalized spacial score (nSPS) is 16.7. The van der Waals surface area contributed by atoms with Crippen LogP contribution < -0.4 is 9.64 Å². The first-order valence-corrected chi connectivity index (χ1v) is 9.09. The van der Waals surface area contributed by atoms with E-state index in [2.05, 4.69) is 0 Å². The molecule has 136 valence electrons. The van der Waals surface area contributed by atoms with Gasteiger partial charge in [-0.1, -0.05) is 48.0 Å². The van der Waals surface area contributed by atoms with E-state index in [0.717, 1.165) is 27.6 Å². The van der Waals surface area contributed by atoms with Crippen LogP contribution in [0.2, 0.25) is 0 Å². The van der Waals surface area contributed by atoms with Crippen LogP contribution in [0.25, 0.3) is 10.8 Å². The van der Waals surface area contributed by atoms with E-state index in [-0.39, 0.29) is 18.3 Å². The standard InChI is InChI=1S/C23H21NO3/c1-15-7-10-21(16(2)11-15)24-14-19(13-22(24)25)23(26)27-20-9-8-17-5-3-4-6-18(17)12-20/h3-12,19H,13-14H2,1-2H3/t19-/m1/s1. The first-order chi connectivity index (χ1) is 13.0. The number of fused-ring (bicyclic) bond motifs is 1. The monoisotopic (exact) mass is 359 g/mol. The van der Waals surface area contributed by atoms with Crippen LogP contribution in [-0.2, 0) is 9.59 Å². The van der Waals surface area contributed by atoms with Crippen LogP contribution in [0.1, 0.15) is 17.5 Å². The molecular formula is C23H21NO3. The summed E-state index contributed by atoms with van der Waals surface area (Å²) in [5.74, 6) is -0.339. The molecule has 0 unspecified atom stereocenters. The smallest absolute Gasteiger partial charge is 0.316 e. The molecule has 1 aliphatic rings. The Morgan fingerprint density at radius 2 is 1.78 bits per heavy atom. The summed E-state index contributed by atoms with van der Waals surface area (Å²) in [5.41, 5.74) is 3.05. The average molecular weight is 359 g/mol. The lowest BCUT2D eigenvalue weighted by atomic mass is 10.1. The van der Waals surface area contributed by atoms with Gasteiger partial charge in [-0.3, -0.25) is 9.59 Å². The number of hydrogen-bond donors (Lipinski definition) is 0. The molecule has 4 heteroatoms. The third-order valence-corrected chi connectivity index (χ3v) is 5.04. The summed E-state index contributed by atoms with van der Waals surface area (Å²) in [6.07, 6.45) is 0.180. The average Bonchev–Trinajstić information content (AvgIpc) is 3.03. The van der Waals surface area contributed by atoms with Crippen molar-refractivity contribution in [3.05, 3.63) is 71.8 Å². The molecule has 27 heavy (non-hydrogen) atoms. The molecule has 3 aromatic carbocycles. The molecule has 1 aliphatic heterocycles. The Hall–Kier alpha value is -3.14. The van der Waals surface area contributed by atoms with E-state index in [9.17, 15) is 9.59 Å². The molecule has 1 fully saturated rings. The van der Waals surface area contributed by atoms with E-state index < -0.39 is 5.92 Å². The summed E-state index contributed by atoms with van der Waals surface area (Å²) in [7, 11) is 0. The van der Waals surface area contributed by atoms with Crippen LogP contribution in [-0.4, -0.2) is 18.4 Å². The number of amides is 1. The highest BCUT2D eigenvalue weighted by molar-refractivity contribution is 6.00. The van der Waals surface area contributed by atoms with Crippen molar-refractivity contribution >= 4 is 28.3 Å². The summed E-state index contributed by atoms with van der Waals surface area (Å²) in [5, 5.41) is 2.11. The lowest BCUT2D eigenvalue weighted by molar-refractivity contribution is -0.139. The zero-order valence-corrected chi connectivity index (χ0v) is 15.4. The van der Waals surface area contributed by atoms with Crippen molar-refractivity contribution in [2.45, 2.75) is 20.3 Å². The summed E-state index contributed by atoms with van der Waals surface area (Å²) in [6.45, 7) is 4.36. The largest absolute Gasteiger partial charge is 0.426 e. The Morgan fingerprint density at radius 3 is 2.56 bits per heavy atom. The van der Waals surface area contributed by atoms with Crippen LogP contribution in [0.3, 0.4) is 0 Å². The minimum Gasteiger partial charge on any atom is -0.426 e. The number of rotatable bonds is 3. The Bertz CT molecular complexity index is 1040. The fourth-order valence-electron chi connectivity index (χ4n) is 3.64. The van der Waals surface area contributed by atoms with Crippen LogP contribution in [0.15, 0.2) is 60.7 Å². The second-order valence-corrected chi connectivity index (χ2v) is 7.13. The minimum atomic E-state index is -0.454. The van der Waals surface area contributed by atoms with Gasteiger partial charge >= 0.3 is 5.97 Å². The van der Waals surface area contributed by atoms with E-state index in [4.69, 9.17) is 4.74 Å². The van der Waals surface area contributed by atoms with Gasteiger partial charge in [-0.05, 0) is 48.4 Å². The van der Waals surface area contributed by atoms with Gasteiger partial charge in [0.15, 0.2) is 0 Å². The number of aryl methyl sites for hydroxylation is 2. The van der Waals surface area contributed by atoms with Crippen molar-refractivity contribution in [3.63, 3.8) is 0 Å². The van der Waals surface area contributed by atoms with Crippen molar-refractivity contribution in [1.82, 2.24) is 0 Å². The first-order valence-electron chi connectivity index (χ1n) is 9.09. The molecule has 0 saturated carbocycles. The Balaban J connectivity index is 1.50. The van der Waals surface area contributed by atoms with Gasteiger partial charge in [-0.15, -0.1) is 0 Å². The SMILES string of the molecule is Cc1ccc(N2C[C@H](C(=O)Oc3ccc4ccccc4c3)CC2=O)c(C)c1. The topological polar surface area (TPSA) is 46.6 Å². The number of anilines is 1. The van der Waals surface area contributed by atoms with Crippen LogP contribution in [0, 0.1) is 19.8 Å². The van der Waals surface area contributed by atoms with Gasteiger partial charge in [0, 0.05) is 18.7 Å². The summed E-state index contributed by atoms with van der Waals surface area (Å²) in [4.78, 5) is 26.8. The Morgan fingerprint density at radius 1 is 1.00 bits per heavy atom. The molecule has 0 aliphatic carbocycles. The molecular weight excluding hydrogens is 338 g/mol. The Kier molecular flexibility index (Phi) is 4.40. The number of esters is 1. The molecule has 3 aromatic rings. The minimum absolute atomic E-state index is 0.0394. The Labute approximate surface area is 158 Å². The molecule has 1 heterocycles. The summed E-state index contributed by atoms with van der Waals surface area (Å²) < 4.78 is 5.57. The molecule has 4 nitrogen and oxygen atoms in total. The second kappa shape index (κ2) is 6.88. The van der Waals surface area contributed by atoms with Crippen LogP contribution >= 0.6 is 0 Å². The van der Waals surface area contributed by atoms with Gasteiger partial charge in [0.2, 0.25) is 5.91 Å². The molecule has 4 rings (SSSR count). The van der Waals surface area contributed by atoms with Gasteiger partial charge in [0.25, 0.3) is 0 Å². The predicted molar refractivity (Wildman–Crippen MR) is 106 cm³/mol. The quantitative estimate of drug-likeness (QED) is 0.514. The van der Waals surface area contributed by atoms with E-state index >= 15 is 0 Å². The van der Waals surface area contributed by atoms with Crippen LogP contribution in [0.5, 0.6) is 5.75 Å². The zero-order chi connectivity index (χ0) is 19.0. The van der Waals surface area contributed by atoms with Gasteiger partial charge in [0.05, 0.1) is 5.92 Å². The second-order valence-electron chi connectivity index (χ2n) is 7.13. The molecule has 0 radical (unpaired) electrons. The number of hydrogen-bond acceptors (Lipinski definition) is 3. The first kappa shape index (κ1) is 17.3. The lowest BCUT2D eigenvalue weighted by Crippen LogP contribution is -2.27. The third-order valence-electron chi connectivity index (χ3n) is 5.04. The van der Waals surface area contributed by atoms with E-state index in [0.29, 0.717) is 12.3 Å². The van der Waals surface area contributed by atoms with Gasteiger partial charge in [0.1, 0.15) is 5.75 Å². The highest BCUT2D eigenvalue weighted by Gasteiger charge is 2.36. The lowest BCUT2D eigenvalue weighted by Gasteiger charge is -2.19. The van der Waals surface area contributed by atoms with E-state index in [1.807, 2.05) is 68.4 Å². The van der Waals surface area contributed by atoms with Crippen molar-refractivity contribution in [2.75, 3.05) is 11.4 Å². The van der Waals surface area contributed by atoms with Gasteiger partial charge in [-0.25, -0.2) is 0 Å². The third kappa shape index (κ3) is 3.43. The summed E-state index contributed by atoms with van der Waals surface area (Å²) >= 11 is 0.